The molecular weight excluding hydrogens is 414 g/mol. The molecule has 4 aliphatic rings. The molecule has 4 fully saturated rings. The van der Waals surface area contributed by atoms with Crippen LogP contribution in [0.2, 0.25) is 0 Å². The first-order valence-corrected chi connectivity index (χ1v) is 13.7. The Morgan fingerprint density at radius 2 is 1.82 bits per heavy atom. The number of unbranched alkanes of at least 4 members (excludes halogenated alkanes) is 1. The monoisotopic (exact) mass is 459 g/mol. The van der Waals surface area contributed by atoms with Crippen molar-refractivity contribution in [2.75, 3.05) is 13.6 Å². The van der Waals surface area contributed by atoms with E-state index in [1.165, 1.54) is 19.3 Å². The number of hydrogen-bond acceptors (Lipinski definition) is 4. The van der Waals surface area contributed by atoms with Crippen LogP contribution in [-0.2, 0) is 19.1 Å². The van der Waals surface area contributed by atoms with Gasteiger partial charge in [-0.25, -0.2) is 0 Å². The van der Waals surface area contributed by atoms with E-state index < -0.39 is 0 Å². The maximum absolute atomic E-state index is 12.6. The highest BCUT2D eigenvalue weighted by molar-refractivity contribution is 5.87. The Kier molecular flexibility index (Phi) is 7.27. The van der Waals surface area contributed by atoms with Gasteiger partial charge in [-0.2, -0.15) is 0 Å². The number of hydrogen-bond donors (Lipinski definition) is 0. The summed E-state index contributed by atoms with van der Waals surface area (Å²) in [6.07, 6.45) is 12.1. The molecule has 0 radical (unpaired) electrons. The van der Waals surface area contributed by atoms with Gasteiger partial charge in [0.15, 0.2) is 0 Å². The van der Waals surface area contributed by atoms with Gasteiger partial charge in [0.1, 0.15) is 11.9 Å². The summed E-state index contributed by atoms with van der Waals surface area (Å²) in [6, 6.07) is 0. The van der Waals surface area contributed by atoms with E-state index in [1.807, 2.05) is 7.05 Å². The summed E-state index contributed by atoms with van der Waals surface area (Å²) in [5, 5.41) is 0. The number of nitrogens with zero attached hydrogens (tertiary/aromatic N) is 1. The highest BCUT2D eigenvalue weighted by Gasteiger charge is 2.60. The van der Waals surface area contributed by atoms with Crippen LogP contribution in [0.5, 0.6) is 0 Å². The molecule has 1 amide bonds. The van der Waals surface area contributed by atoms with Gasteiger partial charge in [-0.15, -0.1) is 0 Å². The van der Waals surface area contributed by atoms with Gasteiger partial charge in [0.05, 0.1) is 6.42 Å². The Bertz CT molecular complexity index is 765. The second-order valence-corrected chi connectivity index (χ2v) is 12.1. The third-order valence-electron chi connectivity index (χ3n) is 10.4. The van der Waals surface area contributed by atoms with Gasteiger partial charge >= 0.3 is 5.97 Å². The molecule has 33 heavy (non-hydrogen) atoms. The number of esters is 1. The third-order valence-corrected chi connectivity index (χ3v) is 10.4. The minimum Gasteiger partial charge on any atom is -0.462 e. The van der Waals surface area contributed by atoms with E-state index in [4.69, 9.17) is 4.74 Å². The summed E-state index contributed by atoms with van der Waals surface area (Å²) in [5.41, 5.74) is 0.260. The van der Waals surface area contributed by atoms with Gasteiger partial charge in [0, 0.05) is 31.8 Å². The summed E-state index contributed by atoms with van der Waals surface area (Å²) in [5.74, 6) is 2.94. The third kappa shape index (κ3) is 4.62. The Morgan fingerprint density at radius 1 is 1.03 bits per heavy atom. The van der Waals surface area contributed by atoms with E-state index in [0.29, 0.717) is 34.9 Å². The molecule has 4 saturated carbocycles. The van der Waals surface area contributed by atoms with Crippen molar-refractivity contribution in [1.82, 2.24) is 4.90 Å². The molecule has 0 aromatic rings. The maximum atomic E-state index is 12.6. The fraction of sp³-hybridized carbons (Fsp3) is 0.893. The lowest BCUT2D eigenvalue weighted by atomic mass is 9.45. The smallest absolute Gasteiger partial charge is 0.306 e. The number of fused-ring (bicyclic) bond motifs is 5. The standard InChI is InChI=1S/C28H45NO4/c1-5-6-17-29(4)25(31)11-12-26(32)33-20-13-15-27(2)19(18-20)7-8-21-22-9-10-24(30)28(22,3)16-14-23(21)27/h19-23H,5-18H2,1-4H3. The summed E-state index contributed by atoms with van der Waals surface area (Å²) >= 11 is 0. The van der Waals surface area contributed by atoms with Crippen molar-refractivity contribution in [3.63, 3.8) is 0 Å². The van der Waals surface area contributed by atoms with Crippen molar-refractivity contribution in [2.24, 2.45) is 34.5 Å². The number of carbonyl (C=O) groups excluding carboxylic acids is 3. The van der Waals surface area contributed by atoms with Crippen molar-refractivity contribution >= 4 is 17.7 Å². The van der Waals surface area contributed by atoms with Crippen molar-refractivity contribution in [3.05, 3.63) is 0 Å². The van der Waals surface area contributed by atoms with Crippen LogP contribution in [0.1, 0.15) is 104 Å². The number of amides is 1. The highest BCUT2D eigenvalue weighted by atomic mass is 16.5. The zero-order valence-corrected chi connectivity index (χ0v) is 21.4. The fourth-order valence-electron chi connectivity index (χ4n) is 8.26. The van der Waals surface area contributed by atoms with Crippen molar-refractivity contribution < 1.29 is 19.1 Å². The molecule has 7 unspecified atom stereocenters. The topological polar surface area (TPSA) is 63.7 Å². The minimum absolute atomic E-state index is 0.00182. The Morgan fingerprint density at radius 3 is 2.58 bits per heavy atom. The van der Waals surface area contributed by atoms with Crippen molar-refractivity contribution in [2.45, 2.75) is 110 Å². The predicted molar refractivity (Wildman–Crippen MR) is 128 cm³/mol. The van der Waals surface area contributed by atoms with Crippen LogP contribution in [0.15, 0.2) is 0 Å². The van der Waals surface area contributed by atoms with Gasteiger partial charge in [0.25, 0.3) is 0 Å². The van der Waals surface area contributed by atoms with Gasteiger partial charge < -0.3 is 9.64 Å². The summed E-state index contributed by atoms with van der Waals surface area (Å²) in [4.78, 5) is 39.1. The second-order valence-electron chi connectivity index (χ2n) is 12.1. The van der Waals surface area contributed by atoms with Crippen LogP contribution in [0.4, 0.5) is 0 Å². The SMILES string of the molecule is CCCCN(C)C(=O)CCC(=O)OC1CCC2(C)C(CCC3C4CCC(=O)C4(C)CCC32)C1. The van der Waals surface area contributed by atoms with Gasteiger partial charge in [-0.3, -0.25) is 14.4 Å². The molecule has 4 aliphatic carbocycles. The minimum atomic E-state index is -0.215. The van der Waals surface area contributed by atoms with Gasteiger partial charge in [-0.05, 0) is 86.9 Å². The normalized spacial score (nSPS) is 39.9. The molecule has 0 aliphatic heterocycles. The van der Waals surface area contributed by atoms with E-state index in [1.54, 1.807) is 4.90 Å². The second kappa shape index (κ2) is 9.70. The quantitative estimate of drug-likeness (QED) is 0.468. The molecule has 7 atom stereocenters. The fourth-order valence-corrected chi connectivity index (χ4v) is 8.26. The van der Waals surface area contributed by atoms with E-state index in [9.17, 15) is 14.4 Å². The molecule has 5 heteroatoms. The van der Waals surface area contributed by atoms with E-state index in [2.05, 4.69) is 20.8 Å². The van der Waals surface area contributed by atoms with E-state index in [-0.39, 0.29) is 36.2 Å². The van der Waals surface area contributed by atoms with Crippen LogP contribution < -0.4 is 0 Å². The molecule has 0 heterocycles. The molecule has 0 bridgehead atoms. The summed E-state index contributed by atoms with van der Waals surface area (Å²) in [7, 11) is 1.82. The van der Waals surface area contributed by atoms with Crippen LogP contribution in [0, 0.1) is 34.5 Å². The molecule has 0 aromatic heterocycles. The molecule has 0 aromatic carbocycles. The maximum Gasteiger partial charge on any atom is 0.306 e. The largest absolute Gasteiger partial charge is 0.462 e. The molecule has 0 saturated heterocycles. The number of carbonyl (C=O) groups is 3. The molecule has 4 rings (SSSR count). The zero-order valence-electron chi connectivity index (χ0n) is 21.4. The number of Topliss-reactive ketones (excluding diaryl/α,β-unsaturated/α-hetero) is 1. The molecule has 186 valence electrons. The predicted octanol–water partition coefficient (Wildman–Crippen LogP) is 5.55. The number of rotatable bonds is 7. The molecule has 0 N–H and O–H groups in total. The Labute approximate surface area is 200 Å². The first-order chi connectivity index (χ1) is 15.7. The zero-order chi connectivity index (χ0) is 23.8. The van der Waals surface area contributed by atoms with Crippen LogP contribution in [-0.4, -0.2) is 42.3 Å². The average Bonchev–Trinajstić information content (AvgIpc) is 3.10. The van der Waals surface area contributed by atoms with Gasteiger partial charge in [0.2, 0.25) is 5.91 Å². The van der Waals surface area contributed by atoms with Crippen molar-refractivity contribution in [1.29, 1.82) is 0 Å². The molecule has 5 nitrogen and oxygen atoms in total. The summed E-state index contributed by atoms with van der Waals surface area (Å²) < 4.78 is 5.88. The van der Waals surface area contributed by atoms with Crippen molar-refractivity contribution in [3.8, 4) is 0 Å². The lowest BCUT2D eigenvalue weighted by molar-refractivity contribution is -0.163. The molecule has 0 spiro atoms. The Hall–Kier alpha value is -1.39. The van der Waals surface area contributed by atoms with Gasteiger partial charge in [-0.1, -0.05) is 27.2 Å². The lowest BCUT2D eigenvalue weighted by Crippen LogP contribution is -2.54. The summed E-state index contributed by atoms with van der Waals surface area (Å²) in [6.45, 7) is 7.61. The van der Waals surface area contributed by atoms with Crippen LogP contribution in [0.3, 0.4) is 0 Å². The first kappa shape index (κ1) is 24.7. The highest BCUT2D eigenvalue weighted by Crippen LogP contribution is 2.65. The average molecular weight is 460 g/mol. The van der Waals surface area contributed by atoms with Crippen LogP contribution in [0.25, 0.3) is 0 Å². The lowest BCUT2D eigenvalue weighted by Gasteiger charge is -2.60. The molecular formula is C28H45NO4. The van der Waals surface area contributed by atoms with Crippen LogP contribution >= 0.6 is 0 Å². The van der Waals surface area contributed by atoms with E-state index in [0.717, 1.165) is 57.9 Å². The Balaban J connectivity index is 1.29. The number of ether oxygens (including phenoxy) is 1. The van der Waals surface area contributed by atoms with E-state index >= 15 is 0 Å². The first-order valence-electron chi connectivity index (χ1n) is 13.7. The number of ketones is 1.